The molecule has 152 valence electrons. The van der Waals surface area contributed by atoms with Crippen molar-refractivity contribution >= 4 is 5.91 Å². The molecule has 2 aromatic rings. The average molecular weight is 386 g/mol. The highest BCUT2D eigenvalue weighted by Crippen LogP contribution is 2.31. The molecule has 28 heavy (non-hydrogen) atoms. The van der Waals surface area contributed by atoms with E-state index in [0.29, 0.717) is 30.6 Å². The minimum atomic E-state index is -0.175. The molecule has 1 N–H and O–H groups in total. The van der Waals surface area contributed by atoms with Gasteiger partial charge in [-0.25, -0.2) is 0 Å². The highest BCUT2D eigenvalue weighted by Gasteiger charge is 2.15. The summed E-state index contributed by atoms with van der Waals surface area (Å²) in [7, 11) is 0. The summed E-state index contributed by atoms with van der Waals surface area (Å²) in [4.78, 5) is 12.4. The molecular formula is C23H31NO4. The topological polar surface area (TPSA) is 56.8 Å². The van der Waals surface area contributed by atoms with Crippen LogP contribution >= 0.6 is 0 Å². The molecule has 0 unspecified atom stereocenters. The fourth-order valence-electron chi connectivity index (χ4n) is 2.94. The molecule has 0 spiro atoms. The first-order valence-electron chi connectivity index (χ1n) is 9.86. The Bertz CT molecular complexity index is 773. The number of carbonyl (C=O) groups is 1. The normalized spacial score (nSPS) is 11.8. The van der Waals surface area contributed by atoms with Crippen LogP contribution in [0.3, 0.4) is 0 Å². The second-order valence-electron chi connectivity index (χ2n) is 6.84. The monoisotopic (exact) mass is 385 g/mol. The molecule has 0 aliphatic carbocycles. The van der Waals surface area contributed by atoms with Crippen LogP contribution in [0, 0.1) is 0 Å². The Hall–Kier alpha value is -2.69. The maximum absolute atomic E-state index is 12.4. The van der Waals surface area contributed by atoms with E-state index >= 15 is 0 Å². The molecule has 0 bridgehead atoms. The molecule has 0 saturated carbocycles. The average Bonchev–Trinajstić information content (AvgIpc) is 2.68. The Morgan fingerprint density at radius 2 is 1.57 bits per heavy atom. The van der Waals surface area contributed by atoms with Crippen LogP contribution in [0.1, 0.15) is 57.7 Å². The van der Waals surface area contributed by atoms with Gasteiger partial charge >= 0.3 is 0 Å². The Kier molecular flexibility index (Phi) is 8.18. The number of ether oxygens (including phenoxy) is 3. The Morgan fingerprint density at radius 3 is 2.25 bits per heavy atom. The van der Waals surface area contributed by atoms with Gasteiger partial charge in [-0.1, -0.05) is 38.1 Å². The van der Waals surface area contributed by atoms with E-state index < -0.39 is 0 Å². The van der Waals surface area contributed by atoms with Crippen molar-refractivity contribution in [2.45, 2.75) is 46.6 Å². The number of benzene rings is 2. The van der Waals surface area contributed by atoms with Gasteiger partial charge in [0.05, 0.1) is 19.3 Å². The van der Waals surface area contributed by atoms with Crippen molar-refractivity contribution < 1.29 is 19.0 Å². The zero-order valence-electron chi connectivity index (χ0n) is 17.5. The molecule has 0 fully saturated rings. The van der Waals surface area contributed by atoms with Gasteiger partial charge in [0.1, 0.15) is 5.75 Å². The van der Waals surface area contributed by atoms with Gasteiger partial charge < -0.3 is 19.5 Å². The molecule has 2 rings (SSSR count). The number of nitrogens with one attached hydrogen (secondary N) is 1. The van der Waals surface area contributed by atoms with Crippen LogP contribution in [-0.2, 0) is 4.79 Å². The van der Waals surface area contributed by atoms with Crippen LogP contribution in [0.25, 0.3) is 0 Å². The minimum Gasteiger partial charge on any atom is -0.490 e. The third-order valence-electron chi connectivity index (χ3n) is 4.34. The van der Waals surface area contributed by atoms with Gasteiger partial charge in [0, 0.05) is 0 Å². The van der Waals surface area contributed by atoms with Gasteiger partial charge in [-0.2, -0.15) is 0 Å². The van der Waals surface area contributed by atoms with Gasteiger partial charge in [0.15, 0.2) is 18.1 Å². The third kappa shape index (κ3) is 5.91. The second-order valence-corrected chi connectivity index (χ2v) is 6.84. The van der Waals surface area contributed by atoms with Crippen LogP contribution < -0.4 is 19.5 Å². The van der Waals surface area contributed by atoms with Crippen molar-refractivity contribution in [3.05, 3.63) is 53.6 Å². The molecule has 0 aliphatic rings. The molecule has 2 aromatic carbocycles. The highest BCUT2D eigenvalue weighted by atomic mass is 16.5. The van der Waals surface area contributed by atoms with Crippen LogP contribution in [0.5, 0.6) is 17.2 Å². The summed E-state index contributed by atoms with van der Waals surface area (Å²) in [5.74, 6) is 2.31. The summed E-state index contributed by atoms with van der Waals surface area (Å²) < 4.78 is 17.0. The molecule has 1 amide bonds. The molecule has 0 radical (unpaired) electrons. The van der Waals surface area contributed by atoms with E-state index in [2.05, 4.69) is 19.2 Å². The summed E-state index contributed by atoms with van der Waals surface area (Å²) in [6.07, 6.45) is 0. The Balaban J connectivity index is 1.99. The lowest BCUT2D eigenvalue weighted by Crippen LogP contribution is -2.31. The summed E-state index contributed by atoms with van der Waals surface area (Å²) >= 11 is 0. The quantitative estimate of drug-likeness (QED) is 0.634. The first-order chi connectivity index (χ1) is 13.5. The summed E-state index contributed by atoms with van der Waals surface area (Å²) in [6, 6.07) is 13.4. The molecule has 5 heteroatoms. The van der Waals surface area contributed by atoms with E-state index in [1.165, 1.54) is 0 Å². The lowest BCUT2D eigenvalue weighted by Gasteiger charge is -2.18. The second kappa shape index (κ2) is 10.6. The fraction of sp³-hybridized carbons (Fsp3) is 0.435. The first kappa shape index (κ1) is 21.6. The van der Waals surface area contributed by atoms with Gasteiger partial charge in [0.2, 0.25) is 0 Å². The van der Waals surface area contributed by atoms with Crippen LogP contribution in [0.4, 0.5) is 0 Å². The molecule has 0 aliphatic heterocycles. The van der Waals surface area contributed by atoms with Crippen LogP contribution in [0.2, 0.25) is 0 Å². The van der Waals surface area contributed by atoms with Crippen molar-refractivity contribution in [2.75, 3.05) is 19.8 Å². The van der Waals surface area contributed by atoms with Gasteiger partial charge in [0.25, 0.3) is 5.91 Å². The fourth-order valence-corrected chi connectivity index (χ4v) is 2.94. The Morgan fingerprint density at radius 1 is 0.893 bits per heavy atom. The molecule has 5 nitrogen and oxygen atoms in total. The predicted octanol–water partition coefficient (Wildman–Crippen LogP) is 4.86. The zero-order chi connectivity index (χ0) is 20.5. The van der Waals surface area contributed by atoms with Gasteiger partial charge in [-0.3, -0.25) is 4.79 Å². The smallest absolute Gasteiger partial charge is 0.258 e. The Labute approximate surface area is 168 Å². The third-order valence-corrected chi connectivity index (χ3v) is 4.34. The number of amides is 1. The summed E-state index contributed by atoms with van der Waals surface area (Å²) in [6.45, 7) is 11.1. The lowest BCUT2D eigenvalue weighted by atomic mass is 10.0. The van der Waals surface area contributed by atoms with E-state index in [0.717, 1.165) is 16.9 Å². The summed E-state index contributed by atoms with van der Waals surface area (Å²) in [5, 5.41) is 2.98. The van der Waals surface area contributed by atoms with Crippen molar-refractivity contribution in [3.63, 3.8) is 0 Å². The maximum Gasteiger partial charge on any atom is 0.258 e. The van der Waals surface area contributed by atoms with E-state index in [4.69, 9.17) is 14.2 Å². The van der Waals surface area contributed by atoms with E-state index in [1.807, 2.05) is 63.2 Å². The minimum absolute atomic E-state index is 0.0244. The van der Waals surface area contributed by atoms with Gasteiger partial charge in [-0.05, 0) is 56.0 Å². The molecule has 0 saturated heterocycles. The number of carbonyl (C=O) groups excluding carboxylic acids is 1. The van der Waals surface area contributed by atoms with E-state index in [9.17, 15) is 4.79 Å². The van der Waals surface area contributed by atoms with Gasteiger partial charge in [-0.15, -0.1) is 0 Å². The predicted molar refractivity (Wildman–Crippen MR) is 111 cm³/mol. The van der Waals surface area contributed by atoms with Crippen LogP contribution in [0.15, 0.2) is 42.5 Å². The number of para-hydroxylation sites is 1. The first-order valence-corrected chi connectivity index (χ1v) is 9.86. The standard InChI is InChI=1S/C23H31NO4/c1-6-26-21-13-12-18(14-22(21)27-7-2)17(5)24-23(25)15-28-20-11-9-8-10-19(20)16(3)4/h8-14,16-17H,6-7,15H2,1-5H3,(H,24,25)/t17-/m1/s1. The van der Waals surface area contributed by atoms with E-state index in [-0.39, 0.29) is 18.6 Å². The van der Waals surface area contributed by atoms with E-state index in [1.54, 1.807) is 0 Å². The number of hydrogen-bond acceptors (Lipinski definition) is 4. The summed E-state index contributed by atoms with van der Waals surface area (Å²) in [5.41, 5.74) is 2.04. The lowest BCUT2D eigenvalue weighted by molar-refractivity contribution is -0.123. The zero-order valence-corrected chi connectivity index (χ0v) is 17.5. The highest BCUT2D eigenvalue weighted by molar-refractivity contribution is 5.78. The molecular weight excluding hydrogens is 354 g/mol. The van der Waals surface area contributed by atoms with Crippen molar-refractivity contribution in [3.8, 4) is 17.2 Å². The maximum atomic E-state index is 12.4. The largest absolute Gasteiger partial charge is 0.490 e. The van der Waals surface area contributed by atoms with Crippen molar-refractivity contribution in [2.24, 2.45) is 0 Å². The van der Waals surface area contributed by atoms with Crippen molar-refractivity contribution in [1.29, 1.82) is 0 Å². The SMILES string of the molecule is CCOc1ccc([C@@H](C)NC(=O)COc2ccccc2C(C)C)cc1OCC. The molecule has 0 heterocycles. The number of hydrogen-bond donors (Lipinski definition) is 1. The molecule has 0 aromatic heterocycles. The molecule has 1 atom stereocenters. The number of rotatable bonds is 10. The van der Waals surface area contributed by atoms with Crippen molar-refractivity contribution in [1.82, 2.24) is 5.32 Å². The van der Waals surface area contributed by atoms with Crippen LogP contribution in [-0.4, -0.2) is 25.7 Å².